The maximum atomic E-state index is 13.1. The van der Waals surface area contributed by atoms with Crippen molar-refractivity contribution >= 4 is 0 Å². The summed E-state index contributed by atoms with van der Waals surface area (Å²) >= 11 is 0. The fourth-order valence-electron chi connectivity index (χ4n) is 1.53. The molecule has 2 aromatic rings. The second-order valence-electron chi connectivity index (χ2n) is 3.64. The summed E-state index contributed by atoms with van der Waals surface area (Å²) in [5.41, 5.74) is -0.712. The molecule has 0 saturated heterocycles. The molecule has 0 radical (unpaired) electrons. The first-order chi connectivity index (χ1) is 8.38. The number of halogens is 4. The van der Waals surface area contributed by atoms with E-state index in [0.29, 0.717) is 10.3 Å². The lowest BCUT2D eigenvalue weighted by Crippen LogP contribution is -2.23. The molecule has 94 valence electrons. The molecule has 0 unspecified atom stereocenters. The molecule has 0 N–H and O–H groups in total. The molecule has 0 amide bonds. The molecule has 1 aromatic heterocycles. The number of hydrogen-bond donors (Lipinski definition) is 0. The molecule has 18 heavy (non-hydrogen) atoms. The maximum absolute atomic E-state index is 13.1. The molecule has 0 bridgehead atoms. The fourth-order valence-corrected chi connectivity index (χ4v) is 1.53. The van der Waals surface area contributed by atoms with Crippen molar-refractivity contribution in [3.63, 3.8) is 0 Å². The number of nitrogens with zero attached hydrogens (tertiary/aromatic N) is 1. The van der Waals surface area contributed by atoms with Gasteiger partial charge in [-0.15, -0.1) is 0 Å². The molecule has 6 heteroatoms. The first-order valence-electron chi connectivity index (χ1n) is 4.94. The molecule has 0 aliphatic rings. The third-order valence-corrected chi connectivity index (χ3v) is 2.41. The van der Waals surface area contributed by atoms with Crippen LogP contribution in [0.1, 0.15) is 5.56 Å². The zero-order valence-corrected chi connectivity index (χ0v) is 8.91. The number of pyridine rings is 1. The van der Waals surface area contributed by atoms with Gasteiger partial charge < -0.3 is 5.21 Å². The van der Waals surface area contributed by atoms with Gasteiger partial charge in [0.25, 0.3) is 0 Å². The highest BCUT2D eigenvalue weighted by Gasteiger charge is 2.34. The largest absolute Gasteiger partial charge is 0.619 e. The highest BCUT2D eigenvalue weighted by Crippen LogP contribution is 2.34. The molecule has 1 heterocycles. The standard InChI is InChI=1S/C12H7F4NO/c13-11-2-1-9(7-10(11)12(14,15)16)8-3-5-17(18)6-4-8/h1-7H. The van der Waals surface area contributed by atoms with E-state index in [2.05, 4.69) is 0 Å². The molecular formula is C12H7F4NO. The van der Waals surface area contributed by atoms with Crippen molar-refractivity contribution in [2.45, 2.75) is 6.18 Å². The fraction of sp³-hybridized carbons (Fsp3) is 0.0833. The first-order valence-corrected chi connectivity index (χ1v) is 4.94. The molecular weight excluding hydrogens is 250 g/mol. The molecule has 0 spiro atoms. The monoisotopic (exact) mass is 257 g/mol. The van der Waals surface area contributed by atoms with E-state index < -0.39 is 17.6 Å². The van der Waals surface area contributed by atoms with Gasteiger partial charge in [0.15, 0.2) is 12.4 Å². The van der Waals surface area contributed by atoms with Crippen molar-refractivity contribution in [1.82, 2.24) is 0 Å². The number of alkyl halides is 3. The van der Waals surface area contributed by atoms with Crippen LogP contribution in [0.2, 0.25) is 0 Å². The summed E-state index contributed by atoms with van der Waals surface area (Å²) in [5.74, 6) is -1.32. The highest BCUT2D eigenvalue weighted by molar-refractivity contribution is 5.63. The van der Waals surface area contributed by atoms with Gasteiger partial charge in [-0.05, 0) is 23.3 Å². The topological polar surface area (TPSA) is 26.9 Å². The summed E-state index contributed by atoms with van der Waals surface area (Å²) in [5, 5.41) is 10.8. The van der Waals surface area contributed by atoms with Crippen LogP contribution in [-0.4, -0.2) is 0 Å². The average molecular weight is 257 g/mol. The Morgan fingerprint density at radius 2 is 1.56 bits per heavy atom. The Bertz CT molecular complexity index is 563. The Morgan fingerprint density at radius 3 is 2.11 bits per heavy atom. The van der Waals surface area contributed by atoms with Gasteiger partial charge in [0.2, 0.25) is 0 Å². The van der Waals surface area contributed by atoms with Gasteiger partial charge in [-0.2, -0.15) is 17.9 Å². The summed E-state index contributed by atoms with van der Waals surface area (Å²) in [6.07, 6.45) is -2.43. The Balaban J connectivity index is 2.50. The average Bonchev–Trinajstić information content (AvgIpc) is 2.29. The van der Waals surface area contributed by atoms with E-state index in [1.54, 1.807) is 0 Å². The van der Waals surface area contributed by atoms with Crippen LogP contribution in [-0.2, 0) is 6.18 Å². The minimum atomic E-state index is -4.74. The van der Waals surface area contributed by atoms with Crippen LogP contribution >= 0.6 is 0 Å². The number of rotatable bonds is 1. The minimum Gasteiger partial charge on any atom is -0.619 e. The zero-order chi connectivity index (χ0) is 13.3. The van der Waals surface area contributed by atoms with Crippen molar-refractivity contribution in [3.8, 4) is 11.1 Å². The molecule has 0 saturated carbocycles. The molecule has 0 fully saturated rings. The normalized spacial score (nSPS) is 11.6. The summed E-state index contributed by atoms with van der Waals surface area (Å²) in [4.78, 5) is 0. The van der Waals surface area contributed by atoms with E-state index in [-0.39, 0.29) is 5.56 Å². The predicted molar refractivity (Wildman–Crippen MR) is 55.8 cm³/mol. The molecule has 2 rings (SSSR count). The second kappa shape index (κ2) is 4.29. The summed E-state index contributed by atoms with van der Waals surface area (Å²) in [6, 6.07) is 5.44. The third kappa shape index (κ3) is 2.42. The Hall–Kier alpha value is -2.11. The molecule has 0 aliphatic heterocycles. The van der Waals surface area contributed by atoms with Crippen molar-refractivity contribution in [2.75, 3.05) is 0 Å². The smallest absolute Gasteiger partial charge is 0.419 e. The van der Waals surface area contributed by atoms with Gasteiger partial charge in [0.1, 0.15) is 5.82 Å². The van der Waals surface area contributed by atoms with Crippen molar-refractivity contribution < 1.29 is 22.3 Å². The lowest BCUT2D eigenvalue weighted by Gasteiger charge is -2.10. The van der Waals surface area contributed by atoms with Crippen molar-refractivity contribution in [2.24, 2.45) is 0 Å². The van der Waals surface area contributed by atoms with Gasteiger partial charge in [-0.3, -0.25) is 0 Å². The Labute approximate surface area is 99.7 Å². The quantitative estimate of drug-likeness (QED) is 0.438. The molecule has 2 nitrogen and oxygen atoms in total. The lowest BCUT2D eigenvalue weighted by atomic mass is 10.0. The van der Waals surface area contributed by atoms with Gasteiger partial charge in [-0.25, -0.2) is 4.39 Å². The van der Waals surface area contributed by atoms with Crippen LogP contribution in [0.15, 0.2) is 42.7 Å². The van der Waals surface area contributed by atoms with E-state index in [1.165, 1.54) is 18.2 Å². The van der Waals surface area contributed by atoms with E-state index in [9.17, 15) is 22.8 Å². The molecule has 0 aliphatic carbocycles. The van der Waals surface area contributed by atoms with Crippen LogP contribution in [0.4, 0.5) is 17.6 Å². The van der Waals surface area contributed by atoms with Crippen molar-refractivity contribution in [3.05, 3.63) is 59.3 Å². The summed E-state index contributed by atoms with van der Waals surface area (Å²) in [6.45, 7) is 0. The van der Waals surface area contributed by atoms with Gasteiger partial charge in [-0.1, -0.05) is 6.07 Å². The van der Waals surface area contributed by atoms with Crippen LogP contribution in [0.3, 0.4) is 0 Å². The lowest BCUT2D eigenvalue weighted by molar-refractivity contribution is -0.605. The van der Waals surface area contributed by atoms with E-state index in [0.717, 1.165) is 24.5 Å². The first kappa shape index (κ1) is 12.3. The van der Waals surface area contributed by atoms with Crippen molar-refractivity contribution in [1.29, 1.82) is 0 Å². The number of hydrogen-bond acceptors (Lipinski definition) is 1. The summed E-state index contributed by atoms with van der Waals surface area (Å²) < 4.78 is 51.1. The number of aromatic nitrogens is 1. The van der Waals surface area contributed by atoms with E-state index in [1.807, 2.05) is 0 Å². The van der Waals surface area contributed by atoms with Crippen LogP contribution in [0.5, 0.6) is 0 Å². The van der Waals surface area contributed by atoms with E-state index in [4.69, 9.17) is 0 Å². The van der Waals surface area contributed by atoms with Crippen LogP contribution in [0, 0.1) is 11.0 Å². The number of benzene rings is 1. The Morgan fingerprint density at radius 1 is 0.944 bits per heavy atom. The maximum Gasteiger partial charge on any atom is 0.419 e. The minimum absolute atomic E-state index is 0.198. The predicted octanol–water partition coefficient (Wildman–Crippen LogP) is 3.14. The Kier molecular flexibility index (Phi) is 2.94. The SMILES string of the molecule is [O-][n+]1ccc(-c2ccc(F)c(C(F)(F)F)c2)cc1. The van der Waals surface area contributed by atoms with Gasteiger partial charge in [0.05, 0.1) is 5.56 Å². The molecule has 0 atom stereocenters. The van der Waals surface area contributed by atoms with E-state index >= 15 is 0 Å². The summed E-state index contributed by atoms with van der Waals surface area (Å²) in [7, 11) is 0. The zero-order valence-electron chi connectivity index (χ0n) is 8.91. The molecule has 1 aromatic carbocycles. The highest BCUT2D eigenvalue weighted by atomic mass is 19.4. The third-order valence-electron chi connectivity index (χ3n) is 2.41. The van der Waals surface area contributed by atoms with Crippen LogP contribution in [0.25, 0.3) is 11.1 Å². The van der Waals surface area contributed by atoms with Gasteiger partial charge >= 0.3 is 6.18 Å². The second-order valence-corrected chi connectivity index (χ2v) is 3.64. The van der Waals surface area contributed by atoms with Crippen LogP contribution < -0.4 is 4.73 Å². The van der Waals surface area contributed by atoms with Gasteiger partial charge in [0, 0.05) is 12.1 Å².